The van der Waals surface area contributed by atoms with Gasteiger partial charge in [-0.05, 0) is 61.4 Å². The van der Waals surface area contributed by atoms with Crippen LogP contribution in [0.5, 0.6) is 0 Å². The lowest BCUT2D eigenvalue weighted by Crippen LogP contribution is -2.31. The third kappa shape index (κ3) is 6.18. The minimum absolute atomic E-state index is 0.160. The van der Waals surface area contributed by atoms with Gasteiger partial charge in [-0.3, -0.25) is 9.59 Å². The third-order valence-electron chi connectivity index (χ3n) is 4.83. The number of hydrogen-bond donors (Lipinski definition) is 4. The molecule has 164 valence electrons. The highest BCUT2D eigenvalue weighted by molar-refractivity contribution is 6.05. The van der Waals surface area contributed by atoms with Crippen LogP contribution in [0.3, 0.4) is 0 Å². The maximum atomic E-state index is 12.6. The summed E-state index contributed by atoms with van der Waals surface area (Å²) in [4.78, 5) is 36.4. The SMILES string of the molecule is CC(=O)Nc1cccc(C(C)NC(=O)Nc2cc(C(=O)Nc3ccccc3)ccc2C)c1. The summed E-state index contributed by atoms with van der Waals surface area (Å²) in [6, 6.07) is 20.9. The van der Waals surface area contributed by atoms with Crippen LogP contribution in [0.2, 0.25) is 0 Å². The first kappa shape index (κ1) is 22.6. The molecule has 0 saturated carbocycles. The molecule has 7 heteroatoms. The number of hydrogen-bond acceptors (Lipinski definition) is 3. The van der Waals surface area contributed by atoms with Gasteiger partial charge in [-0.25, -0.2) is 4.79 Å². The van der Waals surface area contributed by atoms with E-state index >= 15 is 0 Å². The molecule has 0 aliphatic rings. The fourth-order valence-electron chi connectivity index (χ4n) is 3.15. The number of amides is 4. The fourth-order valence-corrected chi connectivity index (χ4v) is 3.15. The van der Waals surface area contributed by atoms with E-state index in [0.717, 1.165) is 11.1 Å². The van der Waals surface area contributed by atoms with E-state index in [1.165, 1.54) is 6.92 Å². The van der Waals surface area contributed by atoms with Crippen LogP contribution in [-0.2, 0) is 4.79 Å². The van der Waals surface area contributed by atoms with E-state index in [1.807, 2.05) is 50.2 Å². The van der Waals surface area contributed by atoms with Gasteiger partial charge in [0.05, 0.1) is 6.04 Å². The molecule has 0 aliphatic heterocycles. The Morgan fingerprint density at radius 1 is 0.781 bits per heavy atom. The zero-order valence-electron chi connectivity index (χ0n) is 18.2. The van der Waals surface area contributed by atoms with Gasteiger partial charge in [0.1, 0.15) is 0 Å². The van der Waals surface area contributed by atoms with Gasteiger partial charge < -0.3 is 21.3 Å². The normalized spacial score (nSPS) is 11.2. The van der Waals surface area contributed by atoms with Gasteiger partial charge >= 0.3 is 6.03 Å². The van der Waals surface area contributed by atoms with Crippen molar-refractivity contribution < 1.29 is 14.4 Å². The van der Waals surface area contributed by atoms with E-state index in [0.29, 0.717) is 22.6 Å². The first-order valence-corrected chi connectivity index (χ1v) is 10.2. The number of para-hydroxylation sites is 1. The lowest BCUT2D eigenvalue weighted by atomic mass is 10.1. The molecule has 0 radical (unpaired) electrons. The molecule has 32 heavy (non-hydrogen) atoms. The molecule has 4 N–H and O–H groups in total. The average Bonchev–Trinajstić information content (AvgIpc) is 2.75. The summed E-state index contributed by atoms with van der Waals surface area (Å²) in [7, 11) is 0. The maximum absolute atomic E-state index is 12.6. The summed E-state index contributed by atoms with van der Waals surface area (Å²) in [5.74, 6) is -0.421. The van der Waals surface area contributed by atoms with Crippen molar-refractivity contribution in [2.75, 3.05) is 16.0 Å². The van der Waals surface area contributed by atoms with E-state index in [1.54, 1.807) is 36.4 Å². The second-order valence-corrected chi connectivity index (χ2v) is 7.48. The highest BCUT2D eigenvalue weighted by Crippen LogP contribution is 2.20. The van der Waals surface area contributed by atoms with E-state index in [4.69, 9.17) is 0 Å². The molecule has 0 bridgehead atoms. The molecule has 3 aromatic carbocycles. The van der Waals surface area contributed by atoms with Gasteiger partial charge in [0.2, 0.25) is 5.91 Å². The van der Waals surface area contributed by atoms with E-state index in [2.05, 4.69) is 21.3 Å². The molecule has 3 aromatic rings. The first-order chi connectivity index (χ1) is 15.3. The maximum Gasteiger partial charge on any atom is 0.319 e. The number of urea groups is 1. The minimum Gasteiger partial charge on any atom is -0.331 e. The Hall–Kier alpha value is -4.13. The van der Waals surface area contributed by atoms with Gasteiger partial charge in [-0.2, -0.15) is 0 Å². The Labute approximate surface area is 187 Å². The van der Waals surface area contributed by atoms with Crippen LogP contribution in [0.15, 0.2) is 72.8 Å². The average molecular weight is 431 g/mol. The Kier molecular flexibility index (Phi) is 7.23. The topological polar surface area (TPSA) is 99.3 Å². The zero-order chi connectivity index (χ0) is 23.1. The van der Waals surface area contributed by atoms with E-state index in [9.17, 15) is 14.4 Å². The standard InChI is InChI=1S/C25H26N4O3/c1-16-12-13-20(24(31)28-21-9-5-4-6-10-21)15-23(16)29-25(32)26-17(2)19-8-7-11-22(14-19)27-18(3)30/h4-15,17H,1-3H3,(H,27,30)(H,28,31)(H2,26,29,32). The second kappa shape index (κ2) is 10.3. The van der Waals surface area contributed by atoms with Crippen molar-refractivity contribution in [3.63, 3.8) is 0 Å². The summed E-state index contributed by atoms with van der Waals surface area (Å²) in [6.45, 7) is 5.15. The predicted octanol–water partition coefficient (Wildman–Crippen LogP) is 5.09. The van der Waals surface area contributed by atoms with Gasteiger partial charge in [0, 0.05) is 29.5 Å². The van der Waals surface area contributed by atoms with Crippen LogP contribution in [0, 0.1) is 6.92 Å². The summed E-state index contributed by atoms with van der Waals surface area (Å²) in [5.41, 5.74) is 4.02. The highest BCUT2D eigenvalue weighted by atomic mass is 16.2. The highest BCUT2D eigenvalue weighted by Gasteiger charge is 2.13. The Morgan fingerprint density at radius 2 is 1.50 bits per heavy atom. The Morgan fingerprint density at radius 3 is 2.22 bits per heavy atom. The molecule has 0 saturated heterocycles. The quantitative estimate of drug-likeness (QED) is 0.438. The molecular weight excluding hydrogens is 404 g/mol. The van der Waals surface area contributed by atoms with Crippen molar-refractivity contribution in [1.82, 2.24) is 5.32 Å². The van der Waals surface area contributed by atoms with Crippen LogP contribution in [0.25, 0.3) is 0 Å². The minimum atomic E-state index is -0.397. The molecule has 1 unspecified atom stereocenters. The van der Waals surface area contributed by atoms with Crippen LogP contribution in [-0.4, -0.2) is 17.8 Å². The number of carbonyl (C=O) groups excluding carboxylic acids is 3. The van der Waals surface area contributed by atoms with Crippen molar-refractivity contribution in [3.05, 3.63) is 89.5 Å². The van der Waals surface area contributed by atoms with E-state index < -0.39 is 6.03 Å². The molecule has 4 amide bonds. The number of anilines is 3. The van der Waals surface area contributed by atoms with Gasteiger partial charge in [0.25, 0.3) is 5.91 Å². The number of carbonyl (C=O) groups is 3. The van der Waals surface area contributed by atoms with Crippen LogP contribution >= 0.6 is 0 Å². The molecule has 7 nitrogen and oxygen atoms in total. The van der Waals surface area contributed by atoms with Crippen LogP contribution < -0.4 is 21.3 Å². The summed E-state index contributed by atoms with van der Waals surface area (Å²) >= 11 is 0. The third-order valence-corrected chi connectivity index (χ3v) is 4.83. The first-order valence-electron chi connectivity index (χ1n) is 10.2. The van der Waals surface area contributed by atoms with Crippen molar-refractivity contribution in [2.45, 2.75) is 26.8 Å². The molecule has 1 atom stereocenters. The smallest absolute Gasteiger partial charge is 0.319 e. The second-order valence-electron chi connectivity index (χ2n) is 7.48. The molecule has 0 fully saturated rings. The van der Waals surface area contributed by atoms with Gasteiger partial charge in [-0.1, -0.05) is 36.4 Å². The van der Waals surface area contributed by atoms with E-state index in [-0.39, 0.29) is 17.9 Å². The predicted molar refractivity (Wildman–Crippen MR) is 127 cm³/mol. The zero-order valence-corrected chi connectivity index (χ0v) is 18.2. The number of aryl methyl sites for hydroxylation is 1. The summed E-state index contributed by atoms with van der Waals surface area (Å²) < 4.78 is 0. The largest absolute Gasteiger partial charge is 0.331 e. The number of rotatable bonds is 6. The monoisotopic (exact) mass is 430 g/mol. The van der Waals surface area contributed by atoms with Crippen molar-refractivity contribution in [1.29, 1.82) is 0 Å². The Bertz CT molecular complexity index is 1130. The van der Waals surface area contributed by atoms with Crippen LogP contribution in [0.4, 0.5) is 21.9 Å². The van der Waals surface area contributed by atoms with Crippen molar-refractivity contribution in [2.24, 2.45) is 0 Å². The van der Waals surface area contributed by atoms with Crippen molar-refractivity contribution >= 4 is 34.9 Å². The molecule has 0 aliphatic carbocycles. The fraction of sp³-hybridized carbons (Fsp3) is 0.160. The summed E-state index contributed by atoms with van der Waals surface area (Å²) in [6.07, 6.45) is 0. The lowest BCUT2D eigenvalue weighted by Gasteiger charge is -2.17. The number of benzene rings is 3. The summed E-state index contributed by atoms with van der Waals surface area (Å²) in [5, 5.41) is 11.3. The Balaban J connectivity index is 1.66. The van der Waals surface area contributed by atoms with Gasteiger partial charge in [0.15, 0.2) is 0 Å². The molecule has 3 rings (SSSR count). The molecule has 0 heterocycles. The number of nitrogens with one attached hydrogen (secondary N) is 4. The molecular formula is C25H26N4O3. The molecule has 0 spiro atoms. The molecule has 0 aromatic heterocycles. The lowest BCUT2D eigenvalue weighted by molar-refractivity contribution is -0.114. The van der Waals surface area contributed by atoms with Crippen molar-refractivity contribution in [3.8, 4) is 0 Å². The van der Waals surface area contributed by atoms with Gasteiger partial charge in [-0.15, -0.1) is 0 Å². The van der Waals surface area contributed by atoms with Crippen LogP contribution in [0.1, 0.15) is 41.4 Å².